The quantitative estimate of drug-likeness (QED) is 0.691. The summed E-state index contributed by atoms with van der Waals surface area (Å²) >= 11 is 5.95. The second-order valence-electron chi connectivity index (χ2n) is 7.59. The van der Waals surface area contributed by atoms with Gasteiger partial charge in [0.25, 0.3) is 0 Å². The fourth-order valence-electron chi connectivity index (χ4n) is 3.96. The second kappa shape index (κ2) is 6.88. The van der Waals surface area contributed by atoms with Gasteiger partial charge in [0, 0.05) is 12.1 Å². The lowest BCUT2D eigenvalue weighted by Crippen LogP contribution is -2.32. The minimum Gasteiger partial charge on any atom is -0.390 e. The predicted molar refractivity (Wildman–Crippen MR) is 112 cm³/mol. The van der Waals surface area contributed by atoms with Crippen molar-refractivity contribution in [3.8, 4) is 0 Å². The van der Waals surface area contributed by atoms with Gasteiger partial charge < -0.3 is 9.32 Å². The van der Waals surface area contributed by atoms with Crippen molar-refractivity contribution in [3.63, 3.8) is 0 Å². The molecule has 3 aromatic rings. The first kappa shape index (κ1) is 18.7. The lowest BCUT2D eigenvalue weighted by atomic mass is 9.76. The molecule has 30 heavy (non-hydrogen) atoms. The molecule has 9 nitrogen and oxygen atoms in total. The number of hydrogen-bond donors (Lipinski definition) is 1. The Morgan fingerprint density at radius 1 is 1.27 bits per heavy atom. The van der Waals surface area contributed by atoms with E-state index in [1.807, 2.05) is 24.3 Å². The normalized spacial score (nSPS) is 20.3. The minimum absolute atomic E-state index is 0.00556. The number of aromatic nitrogens is 4. The average Bonchev–Trinajstić information content (AvgIpc) is 3.18. The van der Waals surface area contributed by atoms with E-state index >= 15 is 0 Å². The zero-order chi connectivity index (χ0) is 21.0. The highest BCUT2D eigenvalue weighted by atomic mass is 35.5. The van der Waals surface area contributed by atoms with Crippen molar-refractivity contribution in [1.29, 1.82) is 0 Å². The summed E-state index contributed by atoms with van der Waals surface area (Å²) in [5.74, 6) is 0.630. The molecule has 1 fully saturated rings. The summed E-state index contributed by atoms with van der Waals surface area (Å²) in [4.78, 5) is 32.8. The van der Waals surface area contributed by atoms with Crippen molar-refractivity contribution < 1.29 is 4.42 Å². The number of aliphatic imine (C=N–C) groups is 1. The molecule has 0 bridgehead atoms. The molecular weight excluding hydrogens is 408 g/mol. The largest absolute Gasteiger partial charge is 0.437 e. The van der Waals surface area contributed by atoms with Crippen LogP contribution in [0, 0.1) is 0 Å². The number of H-pyrrole nitrogens is 1. The van der Waals surface area contributed by atoms with Crippen LogP contribution in [0.4, 0.5) is 5.82 Å². The molecule has 0 amide bonds. The third-order valence-electron chi connectivity index (χ3n) is 5.75. The first-order valence-electron chi connectivity index (χ1n) is 9.54. The fourth-order valence-corrected chi connectivity index (χ4v) is 4.09. The second-order valence-corrected chi connectivity index (χ2v) is 8.02. The smallest absolute Gasteiger partial charge is 0.390 e. The van der Waals surface area contributed by atoms with Crippen LogP contribution in [0.5, 0.6) is 0 Å². The van der Waals surface area contributed by atoms with Crippen LogP contribution in [-0.4, -0.2) is 30.6 Å². The molecule has 5 rings (SSSR count). The molecule has 1 aliphatic carbocycles. The van der Waals surface area contributed by atoms with Crippen LogP contribution >= 0.6 is 11.6 Å². The molecule has 0 radical (unpaired) electrons. The molecule has 1 aromatic carbocycles. The van der Waals surface area contributed by atoms with Gasteiger partial charge in [-0.1, -0.05) is 30.3 Å². The number of hydrogen-bond acceptors (Lipinski definition) is 6. The van der Waals surface area contributed by atoms with Gasteiger partial charge in [-0.25, -0.2) is 14.6 Å². The molecule has 2 aliphatic rings. The zero-order valence-corrected chi connectivity index (χ0v) is 17.0. The SMILES string of the molecule is C=C1c2c([nH]c(=O)n2C)N=CN1Cc1nn(C2CC(c3ccc(Cl)cc3)C2)c(=O)o1. The van der Waals surface area contributed by atoms with Crippen LogP contribution in [0.25, 0.3) is 5.70 Å². The van der Waals surface area contributed by atoms with E-state index in [1.165, 1.54) is 14.8 Å². The molecule has 0 atom stereocenters. The Bertz CT molecular complexity index is 1270. The molecule has 1 aliphatic heterocycles. The van der Waals surface area contributed by atoms with E-state index in [4.69, 9.17) is 16.0 Å². The van der Waals surface area contributed by atoms with Crippen molar-refractivity contribution in [2.45, 2.75) is 31.3 Å². The first-order chi connectivity index (χ1) is 14.4. The Kier molecular flexibility index (Phi) is 4.28. The Labute approximate surface area is 175 Å². The van der Waals surface area contributed by atoms with E-state index in [-0.39, 0.29) is 24.2 Å². The van der Waals surface area contributed by atoms with Crippen molar-refractivity contribution in [2.24, 2.45) is 12.0 Å². The summed E-state index contributed by atoms with van der Waals surface area (Å²) in [5.41, 5.74) is 2.11. The van der Waals surface area contributed by atoms with Crippen LogP contribution in [0.15, 0.2) is 49.8 Å². The van der Waals surface area contributed by atoms with E-state index in [1.54, 1.807) is 18.3 Å². The average molecular weight is 427 g/mol. The maximum absolute atomic E-state index is 12.3. The summed E-state index contributed by atoms with van der Waals surface area (Å²) in [6.07, 6.45) is 3.18. The molecule has 0 saturated heterocycles. The Hall–Kier alpha value is -3.33. The Morgan fingerprint density at radius 2 is 2.00 bits per heavy atom. The van der Waals surface area contributed by atoms with Crippen LogP contribution in [0.3, 0.4) is 0 Å². The molecule has 1 N–H and O–H groups in total. The molecule has 2 aromatic heterocycles. The van der Waals surface area contributed by atoms with Gasteiger partial charge >= 0.3 is 11.4 Å². The number of imidazole rings is 1. The lowest BCUT2D eigenvalue weighted by Gasteiger charge is -2.34. The van der Waals surface area contributed by atoms with Crippen LogP contribution < -0.4 is 11.4 Å². The summed E-state index contributed by atoms with van der Waals surface area (Å²) in [5, 5.41) is 5.09. The van der Waals surface area contributed by atoms with Gasteiger partial charge in [0.1, 0.15) is 12.2 Å². The topological polar surface area (TPSA) is 101 Å². The molecule has 0 spiro atoms. The summed E-state index contributed by atoms with van der Waals surface area (Å²) in [6.45, 7) is 4.23. The molecular formula is C20H19ClN6O3. The molecule has 3 heterocycles. The maximum atomic E-state index is 12.3. The highest BCUT2D eigenvalue weighted by Crippen LogP contribution is 2.44. The lowest BCUT2D eigenvalue weighted by molar-refractivity contribution is 0.233. The third kappa shape index (κ3) is 3.02. The Morgan fingerprint density at radius 3 is 2.73 bits per heavy atom. The highest BCUT2D eigenvalue weighted by Gasteiger charge is 2.34. The monoisotopic (exact) mass is 426 g/mol. The van der Waals surface area contributed by atoms with E-state index in [9.17, 15) is 9.59 Å². The third-order valence-corrected chi connectivity index (χ3v) is 6.01. The van der Waals surface area contributed by atoms with Gasteiger partial charge in [0.2, 0.25) is 5.89 Å². The summed E-state index contributed by atoms with van der Waals surface area (Å²) in [6, 6.07) is 7.80. The molecule has 154 valence electrons. The van der Waals surface area contributed by atoms with Crippen molar-refractivity contribution in [3.05, 3.63) is 74.1 Å². The molecule has 0 unspecified atom stereocenters. The standard InChI is InChI=1S/C20H19ClN6O3/c1-11-17-18(23-19(28)25(17)2)22-10-26(11)9-16-24-27(20(29)30-16)15-7-13(8-15)12-3-5-14(21)6-4-12/h3-6,10,13,15H,1,7-9H2,2H3,(H,23,28). The van der Waals surface area contributed by atoms with Crippen molar-refractivity contribution in [2.75, 3.05) is 0 Å². The predicted octanol–water partition coefficient (Wildman–Crippen LogP) is 2.78. The van der Waals surface area contributed by atoms with Crippen molar-refractivity contribution in [1.82, 2.24) is 24.2 Å². The van der Waals surface area contributed by atoms with E-state index in [2.05, 4.69) is 21.7 Å². The number of halogens is 1. The minimum atomic E-state index is -0.473. The molecule has 10 heteroatoms. The van der Waals surface area contributed by atoms with Crippen LogP contribution in [0.2, 0.25) is 5.02 Å². The number of aromatic amines is 1. The summed E-state index contributed by atoms with van der Waals surface area (Å²) in [7, 11) is 1.64. The van der Waals surface area contributed by atoms with Crippen LogP contribution in [-0.2, 0) is 13.6 Å². The van der Waals surface area contributed by atoms with Crippen molar-refractivity contribution >= 4 is 29.5 Å². The number of rotatable bonds is 4. The summed E-state index contributed by atoms with van der Waals surface area (Å²) < 4.78 is 8.23. The van der Waals surface area contributed by atoms with Gasteiger partial charge in [0.15, 0.2) is 5.82 Å². The number of nitrogens with one attached hydrogen (secondary N) is 1. The zero-order valence-electron chi connectivity index (χ0n) is 16.2. The Balaban J connectivity index is 1.29. The van der Waals surface area contributed by atoms with Gasteiger partial charge in [0.05, 0.1) is 18.1 Å². The van der Waals surface area contributed by atoms with Gasteiger partial charge in [-0.3, -0.25) is 9.55 Å². The number of nitrogens with zero attached hydrogens (tertiary/aromatic N) is 5. The van der Waals surface area contributed by atoms with E-state index < -0.39 is 5.76 Å². The van der Waals surface area contributed by atoms with E-state index in [0.717, 1.165) is 12.8 Å². The van der Waals surface area contributed by atoms with Crippen LogP contribution in [0.1, 0.15) is 41.9 Å². The number of fused-ring (bicyclic) bond motifs is 1. The van der Waals surface area contributed by atoms with Gasteiger partial charge in [-0.05, 0) is 36.5 Å². The maximum Gasteiger partial charge on any atom is 0.437 e. The molecule has 1 saturated carbocycles. The number of benzene rings is 1. The van der Waals surface area contributed by atoms with E-state index in [0.29, 0.717) is 28.1 Å². The fraction of sp³-hybridized carbons (Fsp3) is 0.300. The highest BCUT2D eigenvalue weighted by molar-refractivity contribution is 6.30. The van der Waals surface area contributed by atoms with Gasteiger partial charge in [-0.15, -0.1) is 5.10 Å². The van der Waals surface area contributed by atoms with Gasteiger partial charge in [-0.2, -0.15) is 4.68 Å². The first-order valence-corrected chi connectivity index (χ1v) is 9.91.